The molecule has 1 aliphatic heterocycles. The van der Waals surface area contributed by atoms with E-state index in [1.165, 1.54) is 0 Å². The lowest BCUT2D eigenvalue weighted by molar-refractivity contribution is 0.0748. The zero-order valence-electron chi connectivity index (χ0n) is 12.6. The maximum atomic E-state index is 12.3. The number of hydrogen-bond donors (Lipinski definition) is 1. The maximum absolute atomic E-state index is 12.3. The Balaban J connectivity index is 0.00000176. The number of amides is 1. The molecule has 3 rings (SSSR count). The molecule has 1 aromatic heterocycles. The van der Waals surface area contributed by atoms with E-state index in [-0.39, 0.29) is 24.4 Å². The molecule has 0 bridgehead atoms. The van der Waals surface area contributed by atoms with E-state index >= 15 is 0 Å². The molecule has 0 saturated carbocycles. The normalized spacial score (nSPS) is 14.6. The first-order chi connectivity index (χ1) is 10.2. The van der Waals surface area contributed by atoms with Crippen molar-refractivity contribution < 1.29 is 9.32 Å². The number of aromatic nitrogens is 2. The smallest absolute Gasteiger partial charge is 0.254 e. The molecule has 1 aliphatic rings. The van der Waals surface area contributed by atoms with Gasteiger partial charge in [-0.2, -0.15) is 4.98 Å². The van der Waals surface area contributed by atoms with Crippen LogP contribution in [0.1, 0.15) is 34.6 Å². The maximum Gasteiger partial charge on any atom is 0.254 e. The molecular formula is C15H19ClN4O2. The van der Waals surface area contributed by atoms with Crippen molar-refractivity contribution in [2.75, 3.05) is 7.05 Å². The Bertz CT molecular complexity index is 658. The number of nitrogens with zero attached hydrogens (tertiary/aromatic N) is 3. The highest BCUT2D eigenvalue weighted by atomic mass is 35.5. The molecule has 2 aromatic rings. The molecule has 1 amide bonds. The van der Waals surface area contributed by atoms with E-state index < -0.39 is 0 Å². The molecule has 0 saturated heterocycles. The lowest BCUT2D eigenvalue weighted by atomic mass is 10.1. The van der Waals surface area contributed by atoms with E-state index in [0.29, 0.717) is 31.2 Å². The minimum absolute atomic E-state index is 0. The third-order valence-corrected chi connectivity index (χ3v) is 3.71. The molecule has 0 spiro atoms. The SMILES string of the molecule is CNC(C)Cc1noc(CN2Cc3ccccc3C2=O)n1.Cl. The highest BCUT2D eigenvalue weighted by molar-refractivity contribution is 5.98. The number of likely N-dealkylation sites (N-methyl/N-ethyl adjacent to an activating group) is 1. The van der Waals surface area contributed by atoms with Crippen LogP contribution in [-0.2, 0) is 19.5 Å². The third-order valence-electron chi connectivity index (χ3n) is 3.71. The summed E-state index contributed by atoms with van der Waals surface area (Å²) in [6.07, 6.45) is 0.703. The van der Waals surface area contributed by atoms with Crippen molar-refractivity contribution in [2.24, 2.45) is 0 Å². The second kappa shape index (κ2) is 6.89. The summed E-state index contributed by atoms with van der Waals surface area (Å²) in [4.78, 5) is 18.3. The monoisotopic (exact) mass is 322 g/mol. The van der Waals surface area contributed by atoms with Crippen LogP contribution >= 0.6 is 12.4 Å². The Kier molecular flexibility index (Phi) is 5.15. The molecule has 1 N–H and O–H groups in total. The number of halogens is 1. The fourth-order valence-corrected chi connectivity index (χ4v) is 2.42. The second-order valence-electron chi connectivity index (χ2n) is 5.32. The van der Waals surface area contributed by atoms with E-state index in [2.05, 4.69) is 22.4 Å². The van der Waals surface area contributed by atoms with E-state index in [4.69, 9.17) is 4.52 Å². The molecule has 0 aliphatic carbocycles. The first kappa shape index (κ1) is 16.5. The van der Waals surface area contributed by atoms with Gasteiger partial charge in [-0.1, -0.05) is 23.4 Å². The number of rotatable bonds is 5. The predicted molar refractivity (Wildman–Crippen MR) is 83.8 cm³/mol. The van der Waals surface area contributed by atoms with Crippen LogP contribution in [0.25, 0.3) is 0 Å². The quantitative estimate of drug-likeness (QED) is 0.909. The van der Waals surface area contributed by atoms with Gasteiger partial charge in [-0.15, -0.1) is 12.4 Å². The van der Waals surface area contributed by atoms with E-state index in [9.17, 15) is 4.79 Å². The molecule has 118 valence electrons. The van der Waals surface area contributed by atoms with Gasteiger partial charge in [-0.25, -0.2) is 0 Å². The number of hydrogen-bond acceptors (Lipinski definition) is 5. The first-order valence-electron chi connectivity index (χ1n) is 7.03. The Morgan fingerprint density at radius 2 is 2.18 bits per heavy atom. The molecule has 1 atom stereocenters. The van der Waals surface area contributed by atoms with Crippen molar-refractivity contribution in [3.8, 4) is 0 Å². The van der Waals surface area contributed by atoms with Crippen molar-refractivity contribution in [1.82, 2.24) is 20.4 Å². The molecule has 22 heavy (non-hydrogen) atoms. The van der Waals surface area contributed by atoms with Crippen molar-refractivity contribution in [2.45, 2.75) is 32.5 Å². The number of benzene rings is 1. The second-order valence-corrected chi connectivity index (χ2v) is 5.32. The predicted octanol–water partition coefficient (Wildman–Crippen LogP) is 1.80. The zero-order valence-corrected chi connectivity index (χ0v) is 13.4. The average Bonchev–Trinajstić information content (AvgIpc) is 3.05. The lowest BCUT2D eigenvalue weighted by Crippen LogP contribution is -2.24. The van der Waals surface area contributed by atoms with Gasteiger partial charge in [0.2, 0.25) is 5.89 Å². The first-order valence-corrected chi connectivity index (χ1v) is 7.03. The standard InChI is InChI=1S/C15H18N4O2.ClH/c1-10(16-2)7-13-17-14(21-18-13)9-19-8-11-5-3-4-6-12(11)15(19)20;/h3-6,10,16H,7-9H2,1-2H3;1H. The Morgan fingerprint density at radius 3 is 2.91 bits per heavy atom. The number of carbonyl (C=O) groups is 1. The van der Waals surface area contributed by atoms with Crippen LogP contribution in [-0.4, -0.2) is 34.0 Å². The summed E-state index contributed by atoms with van der Waals surface area (Å²) in [6, 6.07) is 7.93. The topological polar surface area (TPSA) is 71.3 Å². The van der Waals surface area contributed by atoms with E-state index in [0.717, 1.165) is 11.1 Å². The molecular weight excluding hydrogens is 304 g/mol. The van der Waals surface area contributed by atoms with Crippen molar-refractivity contribution >= 4 is 18.3 Å². The summed E-state index contributed by atoms with van der Waals surface area (Å²) in [5.74, 6) is 1.17. The molecule has 1 unspecified atom stereocenters. The average molecular weight is 323 g/mol. The summed E-state index contributed by atoms with van der Waals surface area (Å²) < 4.78 is 5.24. The van der Waals surface area contributed by atoms with Gasteiger partial charge < -0.3 is 14.7 Å². The molecule has 0 radical (unpaired) electrons. The van der Waals surface area contributed by atoms with Gasteiger partial charge in [0.05, 0.1) is 0 Å². The van der Waals surface area contributed by atoms with Gasteiger partial charge in [0.1, 0.15) is 6.54 Å². The molecule has 2 heterocycles. The number of fused-ring (bicyclic) bond motifs is 1. The minimum atomic E-state index is 0. The lowest BCUT2D eigenvalue weighted by Gasteiger charge is -2.11. The number of nitrogens with one attached hydrogen (secondary N) is 1. The zero-order chi connectivity index (χ0) is 14.8. The Hall–Kier alpha value is -1.92. The summed E-state index contributed by atoms with van der Waals surface area (Å²) >= 11 is 0. The molecule has 6 nitrogen and oxygen atoms in total. The van der Waals surface area contributed by atoms with Crippen molar-refractivity contribution in [3.05, 3.63) is 47.1 Å². The van der Waals surface area contributed by atoms with Gasteiger partial charge in [0.15, 0.2) is 5.82 Å². The largest absolute Gasteiger partial charge is 0.337 e. The van der Waals surface area contributed by atoms with Crippen LogP contribution in [0.5, 0.6) is 0 Å². The van der Waals surface area contributed by atoms with Crippen molar-refractivity contribution in [3.63, 3.8) is 0 Å². The summed E-state index contributed by atoms with van der Waals surface area (Å²) in [7, 11) is 1.89. The fourth-order valence-electron chi connectivity index (χ4n) is 2.42. The van der Waals surface area contributed by atoms with Crippen molar-refractivity contribution in [1.29, 1.82) is 0 Å². The van der Waals surface area contributed by atoms with Gasteiger partial charge in [-0.05, 0) is 25.6 Å². The van der Waals surface area contributed by atoms with Crippen LogP contribution in [0, 0.1) is 0 Å². The van der Waals surface area contributed by atoms with Gasteiger partial charge >= 0.3 is 0 Å². The third kappa shape index (κ3) is 3.28. The molecule has 1 aromatic carbocycles. The van der Waals surface area contributed by atoms with Crippen LogP contribution in [0.15, 0.2) is 28.8 Å². The van der Waals surface area contributed by atoms with E-state index in [1.807, 2.05) is 31.3 Å². The van der Waals surface area contributed by atoms with Gasteiger partial charge in [-0.3, -0.25) is 4.79 Å². The minimum Gasteiger partial charge on any atom is -0.337 e. The summed E-state index contributed by atoms with van der Waals surface area (Å²) in [6.45, 7) is 3.00. The summed E-state index contributed by atoms with van der Waals surface area (Å²) in [5.41, 5.74) is 1.81. The van der Waals surface area contributed by atoms with Crippen LogP contribution in [0.2, 0.25) is 0 Å². The molecule has 0 fully saturated rings. The van der Waals surface area contributed by atoms with Gasteiger partial charge in [0, 0.05) is 24.6 Å². The van der Waals surface area contributed by atoms with Gasteiger partial charge in [0.25, 0.3) is 5.91 Å². The van der Waals surface area contributed by atoms with Crippen LogP contribution in [0.3, 0.4) is 0 Å². The van der Waals surface area contributed by atoms with Crippen LogP contribution < -0.4 is 5.32 Å². The van der Waals surface area contributed by atoms with Crippen LogP contribution in [0.4, 0.5) is 0 Å². The fraction of sp³-hybridized carbons (Fsp3) is 0.400. The Labute approximate surface area is 135 Å². The summed E-state index contributed by atoms with van der Waals surface area (Å²) in [5, 5.41) is 7.08. The number of carbonyl (C=O) groups excluding carboxylic acids is 1. The molecule has 7 heteroatoms. The highest BCUT2D eigenvalue weighted by Crippen LogP contribution is 2.23. The van der Waals surface area contributed by atoms with E-state index in [1.54, 1.807) is 4.90 Å². The highest BCUT2D eigenvalue weighted by Gasteiger charge is 2.28. The Morgan fingerprint density at radius 1 is 1.41 bits per heavy atom.